The summed E-state index contributed by atoms with van der Waals surface area (Å²) < 4.78 is 1.09. The molecule has 1 saturated carbocycles. The number of thioether (sulfide) groups is 1. The number of aliphatic hydroxyl groups is 1. The molecule has 1 aromatic rings. The molecule has 0 saturated heterocycles. The van der Waals surface area contributed by atoms with Crippen LogP contribution in [0.5, 0.6) is 0 Å². The maximum absolute atomic E-state index is 9.72. The Morgan fingerprint density at radius 1 is 1.46 bits per heavy atom. The van der Waals surface area contributed by atoms with Crippen molar-refractivity contribution in [2.24, 2.45) is 0 Å². The SMILES string of the molecule is O[C@@H]1CCCC[C@H]1Sc1nccs1. The van der Waals surface area contributed by atoms with Gasteiger partial charge in [-0.25, -0.2) is 4.98 Å². The number of nitrogens with zero attached hydrogens (tertiary/aromatic N) is 1. The molecule has 2 nitrogen and oxygen atoms in total. The Balaban J connectivity index is 1.93. The van der Waals surface area contributed by atoms with Gasteiger partial charge in [-0.05, 0) is 12.8 Å². The summed E-state index contributed by atoms with van der Waals surface area (Å²) in [5.41, 5.74) is 0. The number of hydrogen-bond donors (Lipinski definition) is 1. The molecule has 1 fully saturated rings. The van der Waals surface area contributed by atoms with Crippen molar-refractivity contribution >= 4 is 23.1 Å². The second-order valence-electron chi connectivity index (χ2n) is 3.31. The van der Waals surface area contributed by atoms with E-state index >= 15 is 0 Å². The van der Waals surface area contributed by atoms with Gasteiger partial charge < -0.3 is 5.11 Å². The molecular formula is C9H13NOS2. The van der Waals surface area contributed by atoms with Crippen LogP contribution in [-0.2, 0) is 0 Å². The molecule has 72 valence electrons. The lowest BCUT2D eigenvalue weighted by molar-refractivity contribution is 0.137. The Bertz CT molecular complexity index is 250. The molecule has 1 aliphatic rings. The van der Waals surface area contributed by atoms with Crippen LogP contribution >= 0.6 is 23.1 Å². The number of rotatable bonds is 2. The zero-order valence-electron chi connectivity index (χ0n) is 7.35. The molecule has 1 N–H and O–H groups in total. The minimum absolute atomic E-state index is 0.123. The molecule has 0 aliphatic heterocycles. The molecule has 0 aromatic carbocycles. The highest BCUT2D eigenvalue weighted by Crippen LogP contribution is 2.34. The van der Waals surface area contributed by atoms with Gasteiger partial charge in [-0.2, -0.15) is 0 Å². The molecule has 2 rings (SSSR count). The highest BCUT2D eigenvalue weighted by atomic mass is 32.2. The molecule has 0 bridgehead atoms. The van der Waals surface area contributed by atoms with E-state index in [2.05, 4.69) is 4.98 Å². The first-order valence-electron chi connectivity index (χ1n) is 4.60. The average molecular weight is 215 g/mol. The predicted octanol–water partition coefficient (Wildman–Crippen LogP) is 2.54. The second-order valence-corrected chi connectivity index (χ2v) is 5.69. The minimum Gasteiger partial charge on any atom is -0.392 e. The number of hydrogen-bond acceptors (Lipinski definition) is 4. The van der Waals surface area contributed by atoms with Crippen LogP contribution in [-0.4, -0.2) is 21.4 Å². The van der Waals surface area contributed by atoms with Crippen molar-refractivity contribution in [3.05, 3.63) is 11.6 Å². The Kier molecular flexibility index (Phi) is 3.24. The fraction of sp³-hybridized carbons (Fsp3) is 0.667. The van der Waals surface area contributed by atoms with E-state index < -0.39 is 0 Å². The summed E-state index contributed by atoms with van der Waals surface area (Å²) in [5, 5.41) is 12.1. The quantitative estimate of drug-likeness (QED) is 0.823. The van der Waals surface area contributed by atoms with Crippen molar-refractivity contribution < 1.29 is 5.11 Å². The fourth-order valence-corrected chi connectivity index (χ4v) is 3.69. The first kappa shape index (κ1) is 9.49. The van der Waals surface area contributed by atoms with Crippen molar-refractivity contribution in [3.63, 3.8) is 0 Å². The van der Waals surface area contributed by atoms with Crippen molar-refractivity contribution in [1.29, 1.82) is 0 Å². The highest BCUT2D eigenvalue weighted by molar-refractivity contribution is 8.01. The first-order valence-corrected chi connectivity index (χ1v) is 6.36. The summed E-state index contributed by atoms with van der Waals surface area (Å²) in [5.74, 6) is 0. The molecule has 0 unspecified atom stereocenters. The molecule has 4 heteroatoms. The van der Waals surface area contributed by atoms with E-state index in [9.17, 15) is 5.11 Å². The lowest BCUT2D eigenvalue weighted by atomic mass is 9.97. The van der Waals surface area contributed by atoms with E-state index in [0.29, 0.717) is 5.25 Å². The average Bonchev–Trinajstić information content (AvgIpc) is 2.61. The number of aromatic nitrogens is 1. The topological polar surface area (TPSA) is 33.1 Å². The van der Waals surface area contributed by atoms with E-state index in [-0.39, 0.29) is 6.10 Å². The van der Waals surface area contributed by atoms with E-state index in [1.165, 1.54) is 12.8 Å². The summed E-state index contributed by atoms with van der Waals surface area (Å²) in [7, 11) is 0. The summed E-state index contributed by atoms with van der Waals surface area (Å²) in [4.78, 5) is 4.22. The number of thiazole rings is 1. The van der Waals surface area contributed by atoms with Crippen molar-refractivity contribution in [2.75, 3.05) is 0 Å². The Hall–Kier alpha value is -0.0600. The van der Waals surface area contributed by atoms with Crippen LogP contribution < -0.4 is 0 Å². The Morgan fingerprint density at radius 2 is 2.31 bits per heavy atom. The van der Waals surface area contributed by atoms with Crippen molar-refractivity contribution in [2.45, 2.75) is 41.4 Å². The van der Waals surface area contributed by atoms with E-state index in [4.69, 9.17) is 0 Å². The highest BCUT2D eigenvalue weighted by Gasteiger charge is 2.24. The largest absolute Gasteiger partial charge is 0.392 e. The van der Waals surface area contributed by atoms with Gasteiger partial charge in [0.1, 0.15) is 4.34 Å². The van der Waals surface area contributed by atoms with Gasteiger partial charge in [0.15, 0.2) is 0 Å². The summed E-state index contributed by atoms with van der Waals surface area (Å²) in [6.45, 7) is 0. The van der Waals surface area contributed by atoms with Crippen molar-refractivity contribution in [3.8, 4) is 0 Å². The van der Waals surface area contributed by atoms with Gasteiger partial charge in [0.05, 0.1) is 6.10 Å². The van der Waals surface area contributed by atoms with Crippen molar-refractivity contribution in [1.82, 2.24) is 4.98 Å². The minimum atomic E-state index is -0.123. The molecule has 0 radical (unpaired) electrons. The summed E-state index contributed by atoms with van der Waals surface area (Å²) >= 11 is 3.40. The second kappa shape index (κ2) is 4.44. The van der Waals surface area contributed by atoms with Gasteiger partial charge in [0.2, 0.25) is 0 Å². The predicted molar refractivity (Wildman–Crippen MR) is 56.2 cm³/mol. The van der Waals surface area contributed by atoms with Crippen LogP contribution in [0.3, 0.4) is 0 Å². The molecular weight excluding hydrogens is 202 g/mol. The van der Waals surface area contributed by atoms with Crippen LogP contribution in [0.2, 0.25) is 0 Å². The zero-order chi connectivity index (χ0) is 9.10. The summed E-state index contributed by atoms with van der Waals surface area (Å²) in [6, 6.07) is 0. The molecule has 0 amide bonds. The molecule has 1 heterocycles. The van der Waals surface area contributed by atoms with Crippen LogP contribution in [0.1, 0.15) is 25.7 Å². The standard InChI is InChI=1S/C9H13NOS2/c11-7-3-1-2-4-8(7)13-9-10-5-6-12-9/h5-8,11H,1-4H2/t7-,8-/m1/s1. The molecule has 13 heavy (non-hydrogen) atoms. The maximum atomic E-state index is 9.72. The van der Waals surface area contributed by atoms with E-state index in [1.54, 1.807) is 23.1 Å². The smallest absolute Gasteiger partial charge is 0.150 e. The zero-order valence-corrected chi connectivity index (χ0v) is 8.98. The first-order chi connectivity index (χ1) is 6.36. The van der Waals surface area contributed by atoms with E-state index in [1.807, 2.05) is 11.6 Å². The van der Waals surface area contributed by atoms with Gasteiger partial charge in [0, 0.05) is 16.8 Å². The third-order valence-corrected chi connectivity index (χ3v) is 4.63. The molecule has 1 aromatic heterocycles. The third-order valence-electron chi connectivity index (χ3n) is 2.33. The lowest BCUT2D eigenvalue weighted by Gasteiger charge is -2.25. The Morgan fingerprint density at radius 3 is 3.00 bits per heavy atom. The normalized spacial score (nSPS) is 29.0. The molecule has 0 spiro atoms. The van der Waals surface area contributed by atoms with Gasteiger partial charge in [-0.15, -0.1) is 11.3 Å². The molecule has 1 aliphatic carbocycles. The van der Waals surface area contributed by atoms with Gasteiger partial charge in [0.25, 0.3) is 0 Å². The maximum Gasteiger partial charge on any atom is 0.150 e. The summed E-state index contributed by atoms with van der Waals surface area (Å²) in [6.07, 6.45) is 6.22. The van der Waals surface area contributed by atoms with Crippen LogP contribution in [0.4, 0.5) is 0 Å². The van der Waals surface area contributed by atoms with Crippen LogP contribution in [0, 0.1) is 0 Å². The lowest BCUT2D eigenvalue weighted by Crippen LogP contribution is -2.26. The van der Waals surface area contributed by atoms with Gasteiger partial charge >= 0.3 is 0 Å². The Labute approximate surface area is 86.4 Å². The van der Waals surface area contributed by atoms with Crippen LogP contribution in [0.15, 0.2) is 15.9 Å². The monoisotopic (exact) mass is 215 g/mol. The van der Waals surface area contributed by atoms with E-state index in [0.717, 1.165) is 17.2 Å². The number of aliphatic hydroxyl groups excluding tert-OH is 1. The van der Waals surface area contributed by atoms with Gasteiger partial charge in [-0.3, -0.25) is 0 Å². The third kappa shape index (κ3) is 2.45. The molecule has 2 atom stereocenters. The fourth-order valence-electron chi connectivity index (χ4n) is 1.61. The van der Waals surface area contributed by atoms with Crippen LogP contribution in [0.25, 0.3) is 0 Å². The van der Waals surface area contributed by atoms with Gasteiger partial charge in [-0.1, -0.05) is 24.6 Å².